The van der Waals surface area contributed by atoms with E-state index in [0.29, 0.717) is 26.2 Å². The predicted octanol–water partition coefficient (Wildman–Crippen LogP) is 1.18. The first-order chi connectivity index (χ1) is 11.0. The number of nitrogens with zero attached hydrogens (tertiary/aromatic N) is 2. The topological polar surface area (TPSA) is 64.7 Å². The summed E-state index contributed by atoms with van der Waals surface area (Å²) >= 11 is 0. The number of hydrogen-bond acceptors (Lipinski definition) is 3. The van der Waals surface area contributed by atoms with E-state index in [2.05, 4.69) is 15.5 Å². The molecule has 1 fully saturated rings. The quantitative estimate of drug-likeness (QED) is 0.875. The summed E-state index contributed by atoms with van der Waals surface area (Å²) < 4.78 is 12.9. The number of halogens is 1. The maximum atomic E-state index is 12.9. The van der Waals surface area contributed by atoms with E-state index in [4.69, 9.17) is 0 Å². The highest BCUT2D eigenvalue weighted by atomic mass is 19.1. The van der Waals surface area contributed by atoms with E-state index >= 15 is 0 Å². The maximum Gasteiger partial charge on any atom is 0.317 e. The molecule has 6 nitrogen and oxygen atoms in total. The van der Waals surface area contributed by atoms with Crippen molar-refractivity contribution in [2.45, 2.75) is 19.9 Å². The molecule has 2 N–H and O–H groups in total. The van der Waals surface area contributed by atoms with Crippen LogP contribution in [0.3, 0.4) is 0 Å². The van der Waals surface area contributed by atoms with Crippen molar-refractivity contribution in [3.8, 4) is 0 Å². The van der Waals surface area contributed by atoms with Crippen LogP contribution in [0.4, 0.5) is 14.9 Å². The number of benzene rings is 1. The maximum absolute atomic E-state index is 12.9. The van der Waals surface area contributed by atoms with Gasteiger partial charge in [-0.25, -0.2) is 9.18 Å². The van der Waals surface area contributed by atoms with Crippen LogP contribution in [0, 0.1) is 5.82 Å². The van der Waals surface area contributed by atoms with Crippen LogP contribution in [0.2, 0.25) is 0 Å². The Hall–Kier alpha value is -2.31. The van der Waals surface area contributed by atoms with Gasteiger partial charge in [-0.05, 0) is 38.1 Å². The summed E-state index contributed by atoms with van der Waals surface area (Å²) in [7, 11) is 0. The first kappa shape index (κ1) is 17.1. The monoisotopic (exact) mass is 322 g/mol. The smallest absolute Gasteiger partial charge is 0.317 e. The fourth-order valence-electron chi connectivity index (χ4n) is 2.46. The van der Waals surface area contributed by atoms with E-state index in [1.807, 2.05) is 13.8 Å². The lowest BCUT2D eigenvalue weighted by Gasteiger charge is -2.36. The van der Waals surface area contributed by atoms with E-state index in [9.17, 15) is 14.0 Å². The lowest BCUT2D eigenvalue weighted by Crippen LogP contribution is -2.53. The Bertz CT molecular complexity index is 540. The van der Waals surface area contributed by atoms with Gasteiger partial charge in [-0.2, -0.15) is 0 Å². The van der Waals surface area contributed by atoms with Crippen LogP contribution in [0.25, 0.3) is 0 Å². The molecule has 2 rings (SSSR count). The highest BCUT2D eigenvalue weighted by Crippen LogP contribution is 2.16. The molecule has 1 heterocycles. The number of carbonyl (C=O) groups excluding carboxylic acids is 2. The van der Waals surface area contributed by atoms with Crippen molar-refractivity contribution in [2.24, 2.45) is 0 Å². The van der Waals surface area contributed by atoms with Crippen molar-refractivity contribution < 1.29 is 14.0 Å². The number of piperazine rings is 1. The van der Waals surface area contributed by atoms with E-state index in [0.717, 1.165) is 5.69 Å². The second-order valence-electron chi connectivity index (χ2n) is 5.83. The molecule has 1 saturated heterocycles. The number of hydrogen-bond donors (Lipinski definition) is 2. The van der Waals surface area contributed by atoms with Crippen LogP contribution in [-0.2, 0) is 4.79 Å². The summed E-state index contributed by atoms with van der Waals surface area (Å²) in [4.78, 5) is 27.4. The second-order valence-corrected chi connectivity index (χ2v) is 5.83. The fraction of sp³-hybridized carbons (Fsp3) is 0.500. The molecule has 126 valence electrons. The fourth-order valence-corrected chi connectivity index (χ4v) is 2.46. The Morgan fingerprint density at radius 1 is 1.13 bits per heavy atom. The van der Waals surface area contributed by atoms with Crippen LogP contribution in [0.1, 0.15) is 13.8 Å². The minimum atomic E-state index is -0.258. The average Bonchev–Trinajstić information content (AvgIpc) is 2.53. The molecule has 23 heavy (non-hydrogen) atoms. The van der Waals surface area contributed by atoms with Crippen molar-refractivity contribution in [3.05, 3.63) is 30.1 Å². The van der Waals surface area contributed by atoms with Gasteiger partial charge >= 0.3 is 6.03 Å². The van der Waals surface area contributed by atoms with E-state index in [1.54, 1.807) is 17.0 Å². The van der Waals surface area contributed by atoms with Crippen molar-refractivity contribution in [3.63, 3.8) is 0 Å². The van der Waals surface area contributed by atoms with Gasteiger partial charge in [0.05, 0.1) is 6.54 Å². The highest BCUT2D eigenvalue weighted by Gasteiger charge is 2.21. The average molecular weight is 322 g/mol. The highest BCUT2D eigenvalue weighted by molar-refractivity contribution is 5.84. The Kier molecular flexibility index (Phi) is 5.78. The Balaban J connectivity index is 1.76. The molecule has 1 aromatic rings. The molecule has 1 aromatic carbocycles. The molecule has 0 unspecified atom stereocenters. The van der Waals surface area contributed by atoms with Crippen molar-refractivity contribution >= 4 is 17.6 Å². The van der Waals surface area contributed by atoms with Gasteiger partial charge in [0, 0.05) is 37.9 Å². The third-order valence-corrected chi connectivity index (χ3v) is 3.61. The lowest BCUT2D eigenvalue weighted by atomic mass is 10.2. The lowest BCUT2D eigenvalue weighted by molar-refractivity contribution is -0.120. The summed E-state index contributed by atoms with van der Waals surface area (Å²) in [5, 5.41) is 5.35. The SMILES string of the molecule is CC(C)NC(=O)CNC(=O)N1CCN(c2ccc(F)cc2)CC1. The molecule has 0 radical (unpaired) electrons. The molecule has 0 aromatic heterocycles. The van der Waals surface area contributed by atoms with Crippen LogP contribution in [0.5, 0.6) is 0 Å². The Morgan fingerprint density at radius 3 is 2.30 bits per heavy atom. The predicted molar refractivity (Wildman–Crippen MR) is 86.9 cm³/mol. The van der Waals surface area contributed by atoms with Crippen LogP contribution in [0.15, 0.2) is 24.3 Å². The van der Waals surface area contributed by atoms with Crippen molar-refractivity contribution in [1.29, 1.82) is 0 Å². The molecule has 0 atom stereocenters. The third kappa shape index (κ3) is 5.12. The number of carbonyl (C=O) groups is 2. The Morgan fingerprint density at radius 2 is 1.74 bits per heavy atom. The van der Waals surface area contributed by atoms with Gasteiger partial charge in [0.15, 0.2) is 0 Å². The number of rotatable bonds is 4. The van der Waals surface area contributed by atoms with Crippen LogP contribution in [-0.4, -0.2) is 55.6 Å². The van der Waals surface area contributed by atoms with Gasteiger partial charge in [-0.15, -0.1) is 0 Å². The molecular weight excluding hydrogens is 299 g/mol. The van der Waals surface area contributed by atoms with E-state index in [-0.39, 0.29) is 30.3 Å². The Labute approximate surface area is 135 Å². The minimum absolute atomic E-state index is 0.0187. The van der Waals surface area contributed by atoms with Gasteiger partial charge in [0.1, 0.15) is 5.82 Å². The van der Waals surface area contributed by atoms with Gasteiger partial charge in [-0.3, -0.25) is 4.79 Å². The number of nitrogens with one attached hydrogen (secondary N) is 2. The second kappa shape index (κ2) is 7.80. The van der Waals surface area contributed by atoms with Crippen molar-refractivity contribution in [1.82, 2.24) is 15.5 Å². The first-order valence-corrected chi connectivity index (χ1v) is 7.78. The number of amides is 3. The largest absolute Gasteiger partial charge is 0.368 e. The molecule has 1 aliphatic heterocycles. The summed E-state index contributed by atoms with van der Waals surface area (Å²) in [6.45, 7) is 6.20. The number of anilines is 1. The number of urea groups is 1. The normalized spacial score (nSPS) is 14.8. The van der Waals surface area contributed by atoms with Crippen molar-refractivity contribution in [2.75, 3.05) is 37.6 Å². The molecule has 1 aliphatic rings. The zero-order valence-electron chi connectivity index (χ0n) is 13.5. The van der Waals surface area contributed by atoms with E-state index in [1.165, 1.54) is 12.1 Å². The molecule has 7 heteroatoms. The van der Waals surface area contributed by atoms with Gasteiger partial charge in [-0.1, -0.05) is 0 Å². The van der Waals surface area contributed by atoms with E-state index < -0.39 is 0 Å². The summed E-state index contributed by atoms with van der Waals surface area (Å²) in [6, 6.07) is 6.16. The minimum Gasteiger partial charge on any atom is -0.368 e. The summed E-state index contributed by atoms with van der Waals surface area (Å²) in [5.74, 6) is -0.454. The van der Waals surface area contributed by atoms with Crippen LogP contribution < -0.4 is 15.5 Å². The zero-order chi connectivity index (χ0) is 16.8. The third-order valence-electron chi connectivity index (χ3n) is 3.61. The zero-order valence-corrected chi connectivity index (χ0v) is 13.5. The summed E-state index contributed by atoms with van der Waals surface area (Å²) in [6.07, 6.45) is 0. The first-order valence-electron chi connectivity index (χ1n) is 7.78. The van der Waals surface area contributed by atoms with Crippen LogP contribution >= 0.6 is 0 Å². The molecule has 0 saturated carbocycles. The molecule has 3 amide bonds. The van der Waals surface area contributed by atoms with Gasteiger partial charge in [0.2, 0.25) is 5.91 Å². The van der Waals surface area contributed by atoms with Gasteiger partial charge < -0.3 is 20.4 Å². The molecular formula is C16H23FN4O2. The molecule has 0 spiro atoms. The molecule has 0 aliphatic carbocycles. The molecule has 0 bridgehead atoms. The standard InChI is InChI=1S/C16H23FN4O2/c1-12(2)19-15(22)11-18-16(23)21-9-7-20(8-10-21)14-5-3-13(17)4-6-14/h3-6,12H,7-11H2,1-2H3,(H,18,23)(H,19,22). The van der Waals surface area contributed by atoms with Gasteiger partial charge in [0.25, 0.3) is 0 Å². The summed E-state index contributed by atoms with van der Waals surface area (Å²) in [5.41, 5.74) is 0.947.